The molecule has 2 aromatic rings. The Bertz CT molecular complexity index is 1270. The van der Waals surface area contributed by atoms with Crippen molar-refractivity contribution in [1.82, 2.24) is 4.90 Å². The zero-order chi connectivity index (χ0) is 30.5. The van der Waals surface area contributed by atoms with Gasteiger partial charge >= 0.3 is 5.97 Å². The predicted molar refractivity (Wildman–Crippen MR) is 161 cm³/mol. The molecule has 236 valence electrons. The number of hydrogen-bond donors (Lipinski definition) is 2. The van der Waals surface area contributed by atoms with E-state index >= 15 is 0 Å². The second kappa shape index (κ2) is 14.2. The van der Waals surface area contributed by atoms with Gasteiger partial charge in [0.1, 0.15) is 18.3 Å². The molecule has 2 amide bonds. The van der Waals surface area contributed by atoms with E-state index in [2.05, 4.69) is 5.32 Å². The van der Waals surface area contributed by atoms with E-state index in [0.29, 0.717) is 55.0 Å². The number of methoxy groups -OCH3 is 1. The Labute approximate surface area is 253 Å². The third-order valence-corrected chi connectivity index (χ3v) is 9.98. The number of halogens is 1. The molecule has 3 atom stereocenters. The van der Waals surface area contributed by atoms with Crippen molar-refractivity contribution in [3.05, 3.63) is 30.0 Å². The molecule has 1 saturated heterocycles. The maximum atomic E-state index is 14.0. The first-order chi connectivity index (χ1) is 20.8. The molecule has 9 nitrogen and oxygen atoms in total. The zero-order valence-electron chi connectivity index (χ0n) is 25.4. The van der Waals surface area contributed by atoms with Crippen LogP contribution in [0.25, 0.3) is 11.0 Å². The average molecular weight is 600 g/mol. The van der Waals surface area contributed by atoms with Crippen LogP contribution in [0.2, 0.25) is 0 Å². The summed E-state index contributed by atoms with van der Waals surface area (Å²) >= 11 is 0. The normalized spacial score (nSPS) is 28.5. The average Bonchev–Trinajstić information content (AvgIpc) is 3.68. The molecule has 43 heavy (non-hydrogen) atoms. The van der Waals surface area contributed by atoms with Crippen molar-refractivity contribution in [3.63, 3.8) is 0 Å². The van der Waals surface area contributed by atoms with Crippen LogP contribution in [0, 0.1) is 23.7 Å². The van der Waals surface area contributed by atoms with E-state index in [-0.39, 0.29) is 41.4 Å². The molecule has 2 saturated carbocycles. The van der Waals surface area contributed by atoms with Gasteiger partial charge in [0.25, 0.3) is 0 Å². The molecule has 1 aliphatic heterocycles. The number of nitrogens with zero attached hydrogens (tertiary/aromatic N) is 1. The Kier molecular flexibility index (Phi) is 10.4. The van der Waals surface area contributed by atoms with Gasteiger partial charge in [0.15, 0.2) is 0 Å². The first-order valence-electron chi connectivity index (χ1n) is 16.0. The van der Waals surface area contributed by atoms with E-state index in [4.69, 9.17) is 19.6 Å². The summed E-state index contributed by atoms with van der Waals surface area (Å²) in [6.45, 7) is 2.25. The Morgan fingerprint density at radius 3 is 2.49 bits per heavy atom. The molecule has 10 heteroatoms. The third kappa shape index (κ3) is 7.06. The fourth-order valence-electron chi connectivity index (χ4n) is 7.50. The van der Waals surface area contributed by atoms with Gasteiger partial charge in [-0.25, -0.2) is 9.18 Å². The monoisotopic (exact) mass is 599 g/mol. The van der Waals surface area contributed by atoms with E-state index in [1.165, 1.54) is 0 Å². The summed E-state index contributed by atoms with van der Waals surface area (Å²) in [4.78, 5) is 42.1. The maximum absolute atomic E-state index is 14.0. The van der Waals surface area contributed by atoms with Gasteiger partial charge in [0.05, 0.1) is 12.7 Å². The molecule has 3 aliphatic rings. The summed E-state index contributed by atoms with van der Waals surface area (Å²) in [6, 6.07) is 5.84. The number of benzene rings is 1. The lowest BCUT2D eigenvalue weighted by molar-refractivity contribution is -0.142. The van der Waals surface area contributed by atoms with Crippen LogP contribution in [0.4, 0.5) is 10.1 Å². The molecule has 0 radical (unpaired) electrons. The highest BCUT2D eigenvalue weighted by molar-refractivity contribution is 6.00. The predicted octanol–water partition coefficient (Wildman–Crippen LogP) is 5.46. The van der Waals surface area contributed by atoms with Crippen LogP contribution in [0.15, 0.2) is 28.7 Å². The highest BCUT2D eigenvalue weighted by Crippen LogP contribution is 2.42. The summed E-state index contributed by atoms with van der Waals surface area (Å²) < 4.78 is 29.6. The number of carbonyl (C=O) groups is 3. The number of likely N-dealkylation sites (tertiary alicyclic amines) is 1. The molecule has 1 aromatic heterocycles. The van der Waals surface area contributed by atoms with Gasteiger partial charge in [-0.05, 0) is 106 Å². The number of ether oxygens (including phenoxy) is 2. The number of rotatable bonds is 10. The van der Waals surface area contributed by atoms with E-state index in [9.17, 15) is 18.8 Å². The minimum atomic E-state index is -0.568. The number of amides is 2. The lowest BCUT2D eigenvalue weighted by Gasteiger charge is -2.37. The molecule has 5 rings (SSSR count). The zero-order valence-corrected chi connectivity index (χ0v) is 25.4. The molecule has 2 heterocycles. The van der Waals surface area contributed by atoms with Crippen molar-refractivity contribution in [2.75, 3.05) is 32.3 Å². The van der Waals surface area contributed by atoms with Crippen LogP contribution < -0.4 is 11.1 Å². The number of carbonyl (C=O) groups excluding carboxylic acids is 3. The molecule has 3 fully saturated rings. The van der Waals surface area contributed by atoms with Crippen LogP contribution in [0.1, 0.15) is 81.7 Å². The Morgan fingerprint density at radius 2 is 1.81 bits per heavy atom. The van der Waals surface area contributed by atoms with E-state index in [1.54, 1.807) is 31.4 Å². The second-order valence-electron chi connectivity index (χ2n) is 12.6. The van der Waals surface area contributed by atoms with E-state index < -0.39 is 24.7 Å². The highest BCUT2D eigenvalue weighted by Gasteiger charge is 2.47. The minimum Gasteiger partial charge on any atom is -0.460 e. The summed E-state index contributed by atoms with van der Waals surface area (Å²) in [6.07, 6.45) is 8.42. The Morgan fingerprint density at radius 1 is 1.07 bits per heavy atom. The molecule has 1 aromatic carbocycles. The topological polar surface area (TPSA) is 124 Å². The maximum Gasteiger partial charge on any atom is 0.374 e. The van der Waals surface area contributed by atoms with Crippen molar-refractivity contribution in [1.29, 1.82) is 0 Å². The number of alkyl halides is 1. The molecular formula is C33H46FN3O6. The fourth-order valence-corrected chi connectivity index (χ4v) is 7.50. The van der Waals surface area contributed by atoms with Crippen molar-refractivity contribution in [2.24, 2.45) is 29.4 Å². The molecule has 0 spiro atoms. The lowest BCUT2D eigenvalue weighted by Crippen LogP contribution is -2.50. The van der Waals surface area contributed by atoms with E-state index in [0.717, 1.165) is 44.9 Å². The lowest BCUT2D eigenvalue weighted by atomic mass is 9.75. The Hall–Kier alpha value is -2.98. The number of fused-ring (bicyclic) bond motifs is 1. The first kappa shape index (κ1) is 31.4. The highest BCUT2D eigenvalue weighted by atomic mass is 19.1. The number of furan rings is 1. The molecule has 0 bridgehead atoms. The molecule has 2 aliphatic carbocycles. The number of hydrogen-bond acceptors (Lipinski definition) is 7. The quantitative estimate of drug-likeness (QED) is 0.348. The minimum absolute atomic E-state index is 0.0287. The van der Waals surface area contributed by atoms with Gasteiger partial charge in [-0.3, -0.25) is 9.59 Å². The van der Waals surface area contributed by atoms with Crippen LogP contribution in [0.3, 0.4) is 0 Å². The van der Waals surface area contributed by atoms with Gasteiger partial charge in [0.2, 0.25) is 17.6 Å². The number of nitrogens with one attached hydrogen (secondary N) is 1. The Balaban J connectivity index is 1.32. The second-order valence-corrected chi connectivity index (χ2v) is 12.6. The van der Waals surface area contributed by atoms with Crippen molar-refractivity contribution >= 4 is 34.4 Å². The number of nitrogens with two attached hydrogens (primary N) is 1. The first-order valence-corrected chi connectivity index (χ1v) is 16.0. The summed E-state index contributed by atoms with van der Waals surface area (Å²) in [5.74, 6) is -0.230. The van der Waals surface area contributed by atoms with Crippen LogP contribution in [0.5, 0.6) is 0 Å². The fraction of sp³-hybridized carbons (Fsp3) is 0.667. The van der Waals surface area contributed by atoms with Crippen molar-refractivity contribution < 1.29 is 32.7 Å². The largest absolute Gasteiger partial charge is 0.460 e. The standard InChI is InChI=1S/C33H46FN3O6/c1-3-16-42-33(40)29-18-23-17-24(10-13-28(23)43-29)36-31(38)30-26(20-8-11-25(41-2)12-9-20)14-15-37(30)32(39)22-6-4-21(5-7-22)27(35)19-34/h10,13,17-18,20-22,25-27,30H,3-9,11-12,14-16,19,35H2,1-2H3,(H,36,38)/t20?,21-,22-,25?,26-,27+,30-/m0/s1. The SMILES string of the molecule is CCCOC(=O)c1cc2cc(NC(=O)[C@@H]3[C@H](C4CCC(OC)CC4)CCN3C(=O)[C@H]3CC[C@H]([C@H](N)CF)CC3)ccc2o1. The van der Waals surface area contributed by atoms with Gasteiger partial charge < -0.3 is 29.8 Å². The van der Waals surface area contributed by atoms with Crippen molar-refractivity contribution in [2.45, 2.75) is 89.3 Å². The van der Waals surface area contributed by atoms with Crippen LogP contribution in [-0.4, -0.2) is 67.8 Å². The smallest absolute Gasteiger partial charge is 0.374 e. The van der Waals surface area contributed by atoms with Crippen molar-refractivity contribution in [3.8, 4) is 0 Å². The van der Waals surface area contributed by atoms with Gasteiger partial charge in [-0.1, -0.05) is 6.92 Å². The van der Waals surface area contributed by atoms with Crippen LogP contribution >= 0.6 is 0 Å². The summed E-state index contributed by atoms with van der Waals surface area (Å²) in [7, 11) is 1.75. The van der Waals surface area contributed by atoms with Gasteiger partial charge in [-0.2, -0.15) is 0 Å². The summed E-state index contributed by atoms with van der Waals surface area (Å²) in [5.41, 5.74) is 7.06. The number of anilines is 1. The van der Waals surface area contributed by atoms with Crippen LogP contribution in [-0.2, 0) is 19.1 Å². The summed E-state index contributed by atoms with van der Waals surface area (Å²) in [5, 5.41) is 3.76. The van der Waals surface area contributed by atoms with Gasteiger partial charge in [0, 0.05) is 36.7 Å². The van der Waals surface area contributed by atoms with E-state index in [1.807, 2.05) is 11.8 Å². The third-order valence-electron chi connectivity index (χ3n) is 9.98. The van der Waals surface area contributed by atoms with Gasteiger partial charge in [-0.15, -0.1) is 0 Å². The molecule has 3 N–H and O–H groups in total. The molecule has 0 unspecified atom stereocenters. The number of esters is 1. The molecular weight excluding hydrogens is 553 g/mol.